The van der Waals surface area contributed by atoms with Crippen LogP contribution in [0.4, 0.5) is 15.9 Å². The largest absolute Gasteiger partial charge is 0.381 e. The van der Waals surface area contributed by atoms with Crippen molar-refractivity contribution in [3.8, 4) is 11.3 Å². The first-order chi connectivity index (χ1) is 15.7. The van der Waals surface area contributed by atoms with Crippen molar-refractivity contribution >= 4 is 23.1 Å². The van der Waals surface area contributed by atoms with Crippen LogP contribution in [0.1, 0.15) is 33.8 Å². The molecule has 0 bridgehead atoms. The number of hydrogen-bond donors (Lipinski definition) is 2. The van der Waals surface area contributed by atoms with E-state index < -0.39 is 0 Å². The number of fused-ring (bicyclic) bond motifs is 2. The van der Waals surface area contributed by atoms with Gasteiger partial charge in [0.1, 0.15) is 17.3 Å². The van der Waals surface area contributed by atoms with Gasteiger partial charge in [0, 0.05) is 43.1 Å². The zero-order valence-corrected chi connectivity index (χ0v) is 17.1. The lowest BCUT2D eigenvalue weighted by Gasteiger charge is -2.14. The van der Waals surface area contributed by atoms with Crippen molar-refractivity contribution in [2.75, 3.05) is 18.5 Å². The van der Waals surface area contributed by atoms with Crippen molar-refractivity contribution in [2.24, 2.45) is 0 Å². The summed E-state index contributed by atoms with van der Waals surface area (Å²) >= 11 is 0. The summed E-state index contributed by atoms with van der Waals surface area (Å²) in [7, 11) is 0. The van der Waals surface area contributed by atoms with Crippen LogP contribution in [0.2, 0.25) is 0 Å². The molecule has 7 nitrogen and oxygen atoms in total. The summed E-state index contributed by atoms with van der Waals surface area (Å²) in [5, 5.41) is 6.21. The third-order valence-corrected chi connectivity index (χ3v) is 6.17. The predicted octanol–water partition coefficient (Wildman–Crippen LogP) is 4.03. The third kappa shape index (κ3) is 3.11. The predicted molar refractivity (Wildman–Crippen MR) is 117 cm³/mol. The van der Waals surface area contributed by atoms with E-state index in [1.807, 2.05) is 28.8 Å². The number of carbonyl (C=O) groups is 1. The van der Waals surface area contributed by atoms with Crippen molar-refractivity contribution < 1.29 is 13.9 Å². The maximum atomic E-state index is 13.6. The molecular weight excluding hydrogens is 409 g/mol. The lowest BCUT2D eigenvalue weighted by Crippen LogP contribution is -2.13. The molecule has 2 N–H and O–H groups in total. The van der Waals surface area contributed by atoms with E-state index in [9.17, 15) is 9.18 Å². The first-order valence-corrected chi connectivity index (χ1v) is 10.5. The Hall–Kier alpha value is -3.78. The number of carbonyl (C=O) groups excluding carboxylic acids is 1. The number of anilines is 2. The molecule has 1 saturated heterocycles. The zero-order chi connectivity index (χ0) is 21.7. The van der Waals surface area contributed by atoms with Crippen LogP contribution in [0.5, 0.6) is 0 Å². The highest BCUT2D eigenvalue weighted by Crippen LogP contribution is 2.35. The van der Waals surface area contributed by atoms with Gasteiger partial charge in [-0.05, 0) is 35.7 Å². The summed E-state index contributed by atoms with van der Waals surface area (Å²) in [4.78, 5) is 21.5. The summed E-state index contributed by atoms with van der Waals surface area (Å²) < 4.78 is 20.8. The average molecular weight is 429 g/mol. The van der Waals surface area contributed by atoms with E-state index >= 15 is 0 Å². The van der Waals surface area contributed by atoms with Gasteiger partial charge in [-0.3, -0.25) is 9.20 Å². The molecule has 4 aromatic rings. The summed E-state index contributed by atoms with van der Waals surface area (Å²) in [6.07, 6.45) is 6.23. The van der Waals surface area contributed by atoms with Gasteiger partial charge < -0.3 is 15.4 Å². The number of nitrogens with one attached hydrogen (secondary N) is 2. The number of benzene rings is 1. The van der Waals surface area contributed by atoms with E-state index in [4.69, 9.17) is 4.74 Å². The fraction of sp³-hybridized carbons (Fsp3) is 0.208. The zero-order valence-electron chi connectivity index (χ0n) is 17.1. The highest BCUT2D eigenvalue weighted by molar-refractivity contribution is 6.06. The van der Waals surface area contributed by atoms with E-state index in [-0.39, 0.29) is 11.7 Å². The Balaban J connectivity index is 1.36. The monoisotopic (exact) mass is 429 g/mol. The first kappa shape index (κ1) is 18.9. The molecule has 5 heterocycles. The van der Waals surface area contributed by atoms with Gasteiger partial charge in [-0.2, -0.15) is 0 Å². The van der Waals surface area contributed by atoms with Crippen LogP contribution in [-0.2, 0) is 11.3 Å². The van der Waals surface area contributed by atoms with Gasteiger partial charge in [-0.1, -0.05) is 12.1 Å². The molecular formula is C24H20FN5O2. The summed E-state index contributed by atoms with van der Waals surface area (Å²) in [6, 6.07) is 10.6. The Labute approximate surface area is 183 Å². The van der Waals surface area contributed by atoms with Gasteiger partial charge >= 0.3 is 0 Å². The van der Waals surface area contributed by atoms with Gasteiger partial charge in [-0.25, -0.2) is 14.4 Å². The molecule has 1 aromatic carbocycles. The van der Waals surface area contributed by atoms with Gasteiger partial charge in [0.25, 0.3) is 5.91 Å². The molecule has 2 aliphatic heterocycles. The van der Waals surface area contributed by atoms with Crippen LogP contribution in [0, 0.1) is 5.82 Å². The number of halogens is 1. The van der Waals surface area contributed by atoms with Crippen LogP contribution in [0.3, 0.4) is 0 Å². The van der Waals surface area contributed by atoms with Crippen LogP contribution in [0.15, 0.2) is 55.0 Å². The Bertz CT molecular complexity index is 1340. The lowest BCUT2D eigenvalue weighted by atomic mass is 9.99. The number of imidazole rings is 1. The summed E-state index contributed by atoms with van der Waals surface area (Å²) in [5.41, 5.74) is 5.54. The number of amides is 1. The molecule has 0 radical (unpaired) electrons. The van der Waals surface area contributed by atoms with Crippen molar-refractivity contribution in [3.63, 3.8) is 0 Å². The molecule has 0 saturated carbocycles. The Morgan fingerprint density at radius 3 is 2.91 bits per heavy atom. The van der Waals surface area contributed by atoms with Crippen molar-refractivity contribution in [1.82, 2.24) is 19.7 Å². The van der Waals surface area contributed by atoms with Crippen molar-refractivity contribution in [1.29, 1.82) is 0 Å². The number of nitrogens with zero attached hydrogens (tertiary/aromatic N) is 3. The smallest absolute Gasteiger partial charge is 0.254 e. The van der Waals surface area contributed by atoms with Crippen LogP contribution in [0.25, 0.3) is 16.9 Å². The molecule has 160 valence electrons. The number of hydrogen-bond acceptors (Lipinski definition) is 5. The number of ether oxygens (including phenoxy) is 1. The molecule has 1 unspecified atom stereocenters. The minimum Gasteiger partial charge on any atom is -0.381 e. The topological polar surface area (TPSA) is 80.6 Å². The molecule has 3 aromatic heterocycles. The van der Waals surface area contributed by atoms with Crippen LogP contribution in [-0.4, -0.2) is 33.5 Å². The number of rotatable bonds is 4. The minimum absolute atomic E-state index is 0.135. The normalized spacial score (nSPS) is 17.5. The van der Waals surface area contributed by atoms with Crippen LogP contribution >= 0.6 is 0 Å². The molecule has 0 spiro atoms. The molecule has 2 aliphatic rings. The van der Waals surface area contributed by atoms with E-state index in [2.05, 4.69) is 26.7 Å². The number of pyridine rings is 2. The Kier molecular flexibility index (Phi) is 4.39. The van der Waals surface area contributed by atoms with Gasteiger partial charge in [0.05, 0.1) is 29.7 Å². The fourth-order valence-electron chi connectivity index (χ4n) is 4.50. The lowest BCUT2D eigenvalue weighted by molar-refractivity contribution is 0.0966. The average Bonchev–Trinajstić information content (AvgIpc) is 3.55. The fourth-order valence-corrected chi connectivity index (χ4v) is 4.50. The minimum atomic E-state index is -0.338. The first-order valence-electron chi connectivity index (χ1n) is 10.5. The molecule has 6 rings (SSSR count). The maximum absolute atomic E-state index is 13.6. The number of aromatic nitrogens is 3. The van der Waals surface area contributed by atoms with Gasteiger partial charge in [0.2, 0.25) is 0 Å². The molecule has 1 atom stereocenters. The van der Waals surface area contributed by atoms with Crippen molar-refractivity contribution in [2.45, 2.75) is 18.9 Å². The molecule has 0 aliphatic carbocycles. The van der Waals surface area contributed by atoms with Crippen LogP contribution < -0.4 is 10.6 Å². The third-order valence-electron chi connectivity index (χ3n) is 6.17. The second-order valence-corrected chi connectivity index (χ2v) is 8.08. The standard InChI is InChI=1S/C24H20FN5O2/c25-16-5-7-30-20(12-27-22(30)9-16)17-2-3-19(23-18(17)11-28-24(23)31)29-21-4-1-14(10-26-21)15-6-8-32-13-15/h1-5,7,9-10,12,15H,6,8,11,13H2,(H,26,29)(H,28,31). The second kappa shape index (κ2) is 7.42. The Morgan fingerprint density at radius 2 is 2.09 bits per heavy atom. The summed E-state index contributed by atoms with van der Waals surface area (Å²) in [5.74, 6) is 0.594. The van der Waals surface area contributed by atoms with Gasteiger partial charge in [-0.15, -0.1) is 0 Å². The van der Waals surface area contributed by atoms with E-state index in [0.717, 1.165) is 42.0 Å². The molecule has 1 amide bonds. The molecule has 1 fully saturated rings. The SMILES string of the molecule is O=C1NCc2c(-c3cnc4cc(F)ccn34)ccc(Nc3ccc(C4CCOC4)cn3)c21. The van der Waals surface area contributed by atoms with Crippen molar-refractivity contribution in [3.05, 3.63) is 77.5 Å². The maximum Gasteiger partial charge on any atom is 0.254 e. The highest BCUT2D eigenvalue weighted by Gasteiger charge is 2.27. The highest BCUT2D eigenvalue weighted by atomic mass is 19.1. The van der Waals surface area contributed by atoms with E-state index in [1.54, 1.807) is 12.4 Å². The Morgan fingerprint density at radius 1 is 1.16 bits per heavy atom. The van der Waals surface area contributed by atoms with E-state index in [0.29, 0.717) is 35.2 Å². The van der Waals surface area contributed by atoms with Gasteiger partial charge in [0.15, 0.2) is 0 Å². The van der Waals surface area contributed by atoms with E-state index in [1.165, 1.54) is 12.1 Å². The second-order valence-electron chi connectivity index (χ2n) is 8.08. The quantitative estimate of drug-likeness (QED) is 0.512. The molecule has 8 heteroatoms. The summed E-state index contributed by atoms with van der Waals surface area (Å²) in [6.45, 7) is 1.95. The molecule has 32 heavy (non-hydrogen) atoms.